The van der Waals surface area contributed by atoms with Gasteiger partial charge in [0.2, 0.25) is 0 Å². The number of benzene rings is 1. The van der Waals surface area contributed by atoms with Gasteiger partial charge >= 0.3 is 0 Å². The first kappa shape index (κ1) is 13.7. The summed E-state index contributed by atoms with van der Waals surface area (Å²) < 4.78 is 1.96. The molecule has 5 nitrogen and oxygen atoms in total. The van der Waals surface area contributed by atoms with Gasteiger partial charge in [0.1, 0.15) is 0 Å². The molecule has 3 rings (SSSR count). The molecule has 0 saturated heterocycles. The summed E-state index contributed by atoms with van der Waals surface area (Å²) in [4.78, 5) is 14.2. The average Bonchev–Trinajstić information content (AvgIpc) is 3.05. The van der Waals surface area contributed by atoms with Crippen LogP contribution >= 0.6 is 0 Å². The highest BCUT2D eigenvalue weighted by atomic mass is 16.2. The molecule has 0 aliphatic carbocycles. The summed E-state index contributed by atoms with van der Waals surface area (Å²) in [6.45, 7) is 5.44. The van der Waals surface area contributed by atoms with Gasteiger partial charge in [0, 0.05) is 30.0 Å². The highest BCUT2D eigenvalue weighted by Crippen LogP contribution is 2.26. The smallest absolute Gasteiger partial charge is 0.254 e. The van der Waals surface area contributed by atoms with E-state index in [9.17, 15) is 4.79 Å². The first-order valence-electron chi connectivity index (χ1n) is 7.30. The average molecular weight is 284 g/mol. The molecule has 5 heteroatoms. The van der Waals surface area contributed by atoms with Crippen LogP contribution in [0.5, 0.6) is 0 Å². The fraction of sp³-hybridized carbons (Fsp3) is 0.375. The maximum absolute atomic E-state index is 12.4. The standard InChI is InChI=1S/C16H20N4O/c1-3-11(2)20-7-6-14(18-20)10-19-9-12-4-5-13(17)8-15(12)16(19)21/h4-8,11H,3,9-10,17H2,1-2H3. The van der Waals surface area contributed by atoms with Crippen molar-refractivity contribution in [2.45, 2.75) is 39.4 Å². The third kappa shape index (κ3) is 2.51. The monoisotopic (exact) mass is 284 g/mol. The van der Waals surface area contributed by atoms with Gasteiger partial charge in [-0.3, -0.25) is 9.48 Å². The van der Waals surface area contributed by atoms with E-state index >= 15 is 0 Å². The van der Waals surface area contributed by atoms with Gasteiger partial charge in [-0.15, -0.1) is 0 Å². The van der Waals surface area contributed by atoms with Crippen LogP contribution in [0.1, 0.15) is 47.9 Å². The van der Waals surface area contributed by atoms with Gasteiger partial charge < -0.3 is 10.6 Å². The lowest BCUT2D eigenvalue weighted by molar-refractivity contribution is 0.0764. The minimum atomic E-state index is 0.0374. The first-order chi connectivity index (χ1) is 10.1. The van der Waals surface area contributed by atoms with Crippen LogP contribution in [0.2, 0.25) is 0 Å². The second-order valence-corrected chi connectivity index (χ2v) is 5.62. The summed E-state index contributed by atoms with van der Waals surface area (Å²) in [7, 11) is 0. The molecule has 1 unspecified atom stereocenters. The van der Waals surface area contributed by atoms with Crippen molar-refractivity contribution in [1.29, 1.82) is 0 Å². The Morgan fingerprint density at radius 2 is 2.19 bits per heavy atom. The minimum Gasteiger partial charge on any atom is -0.399 e. The van der Waals surface area contributed by atoms with Crippen LogP contribution in [0.4, 0.5) is 5.69 Å². The summed E-state index contributed by atoms with van der Waals surface area (Å²) in [6, 6.07) is 7.89. The van der Waals surface area contributed by atoms with E-state index in [0.717, 1.165) is 23.2 Å². The molecular formula is C16H20N4O. The van der Waals surface area contributed by atoms with Gasteiger partial charge in [-0.2, -0.15) is 5.10 Å². The Morgan fingerprint density at radius 3 is 2.95 bits per heavy atom. The highest BCUT2D eigenvalue weighted by molar-refractivity contribution is 5.99. The number of amides is 1. The third-order valence-electron chi connectivity index (χ3n) is 4.07. The Morgan fingerprint density at radius 1 is 1.38 bits per heavy atom. The second-order valence-electron chi connectivity index (χ2n) is 5.62. The molecule has 2 N–H and O–H groups in total. The SMILES string of the molecule is CCC(C)n1ccc(CN2Cc3ccc(N)cc3C2=O)n1. The summed E-state index contributed by atoms with van der Waals surface area (Å²) in [5, 5.41) is 4.56. The number of rotatable bonds is 4. The number of fused-ring (bicyclic) bond motifs is 1. The fourth-order valence-corrected chi connectivity index (χ4v) is 2.60. The maximum atomic E-state index is 12.4. The van der Waals surface area contributed by atoms with Gasteiger partial charge in [-0.25, -0.2) is 0 Å². The minimum absolute atomic E-state index is 0.0374. The molecule has 1 aromatic heterocycles. The molecule has 2 aromatic rings. The van der Waals surface area contributed by atoms with E-state index in [0.29, 0.717) is 24.8 Å². The van der Waals surface area contributed by atoms with Crippen molar-refractivity contribution in [2.75, 3.05) is 5.73 Å². The lowest BCUT2D eigenvalue weighted by atomic mass is 10.1. The topological polar surface area (TPSA) is 64.2 Å². The van der Waals surface area contributed by atoms with Crippen molar-refractivity contribution in [1.82, 2.24) is 14.7 Å². The van der Waals surface area contributed by atoms with E-state index in [1.54, 1.807) is 6.07 Å². The number of nitrogens with two attached hydrogens (primary N) is 1. The Hall–Kier alpha value is -2.30. The predicted octanol–water partition coefficient (Wildman–Crippen LogP) is 2.59. The van der Waals surface area contributed by atoms with Crippen LogP contribution < -0.4 is 5.73 Å². The number of nitrogen functional groups attached to an aromatic ring is 1. The Labute approximate surface area is 124 Å². The largest absolute Gasteiger partial charge is 0.399 e. The second kappa shape index (κ2) is 5.24. The summed E-state index contributed by atoms with van der Waals surface area (Å²) >= 11 is 0. The van der Waals surface area contributed by atoms with Gasteiger partial charge in [0.05, 0.1) is 12.2 Å². The van der Waals surface area contributed by atoms with Crippen molar-refractivity contribution in [3.05, 3.63) is 47.3 Å². The molecular weight excluding hydrogens is 264 g/mol. The van der Waals surface area contributed by atoms with Crippen LogP contribution in [-0.4, -0.2) is 20.6 Å². The van der Waals surface area contributed by atoms with E-state index in [-0.39, 0.29) is 5.91 Å². The van der Waals surface area contributed by atoms with Crippen molar-refractivity contribution >= 4 is 11.6 Å². The number of hydrogen-bond acceptors (Lipinski definition) is 3. The number of hydrogen-bond donors (Lipinski definition) is 1. The van der Waals surface area contributed by atoms with E-state index in [1.165, 1.54) is 0 Å². The van der Waals surface area contributed by atoms with Crippen molar-refractivity contribution in [3.63, 3.8) is 0 Å². The summed E-state index contributed by atoms with van der Waals surface area (Å²) in [6.07, 6.45) is 3.02. The molecule has 0 radical (unpaired) electrons. The molecule has 1 atom stereocenters. The zero-order chi connectivity index (χ0) is 15.0. The van der Waals surface area contributed by atoms with E-state index in [1.807, 2.05) is 34.0 Å². The Balaban J connectivity index is 1.75. The van der Waals surface area contributed by atoms with Crippen LogP contribution in [0.15, 0.2) is 30.5 Å². The van der Waals surface area contributed by atoms with Crippen molar-refractivity contribution in [2.24, 2.45) is 0 Å². The van der Waals surface area contributed by atoms with Gasteiger partial charge in [-0.05, 0) is 37.1 Å². The van der Waals surface area contributed by atoms with E-state index in [4.69, 9.17) is 5.73 Å². The maximum Gasteiger partial charge on any atom is 0.254 e. The molecule has 2 heterocycles. The molecule has 0 saturated carbocycles. The molecule has 1 aliphatic heterocycles. The Kier molecular flexibility index (Phi) is 3.41. The molecule has 0 bridgehead atoms. The summed E-state index contributed by atoms with van der Waals surface area (Å²) in [5.41, 5.74) is 9.06. The zero-order valence-electron chi connectivity index (χ0n) is 12.4. The third-order valence-corrected chi connectivity index (χ3v) is 4.07. The first-order valence-corrected chi connectivity index (χ1v) is 7.30. The molecule has 0 spiro atoms. The summed E-state index contributed by atoms with van der Waals surface area (Å²) in [5.74, 6) is 0.0374. The van der Waals surface area contributed by atoms with Crippen LogP contribution in [0.25, 0.3) is 0 Å². The van der Waals surface area contributed by atoms with Crippen LogP contribution in [0, 0.1) is 0 Å². The van der Waals surface area contributed by atoms with Crippen LogP contribution in [0.3, 0.4) is 0 Å². The molecule has 1 aliphatic rings. The number of nitrogens with zero attached hydrogens (tertiary/aromatic N) is 3. The van der Waals surface area contributed by atoms with Crippen LogP contribution in [-0.2, 0) is 13.1 Å². The Bertz CT molecular complexity index is 677. The lowest BCUT2D eigenvalue weighted by Crippen LogP contribution is -2.23. The van der Waals surface area contributed by atoms with Gasteiger partial charge in [0.25, 0.3) is 5.91 Å². The molecule has 1 aromatic carbocycles. The normalized spacial score (nSPS) is 15.3. The fourth-order valence-electron chi connectivity index (χ4n) is 2.60. The molecule has 0 fully saturated rings. The zero-order valence-corrected chi connectivity index (χ0v) is 12.4. The van der Waals surface area contributed by atoms with Gasteiger partial charge in [-0.1, -0.05) is 13.0 Å². The van der Waals surface area contributed by atoms with Crippen molar-refractivity contribution in [3.8, 4) is 0 Å². The molecule has 110 valence electrons. The molecule has 1 amide bonds. The number of anilines is 1. The lowest BCUT2D eigenvalue weighted by Gasteiger charge is -2.14. The van der Waals surface area contributed by atoms with Crippen molar-refractivity contribution < 1.29 is 4.79 Å². The molecule has 21 heavy (non-hydrogen) atoms. The number of carbonyl (C=O) groups is 1. The highest BCUT2D eigenvalue weighted by Gasteiger charge is 2.27. The number of carbonyl (C=O) groups excluding carboxylic acids is 1. The van der Waals surface area contributed by atoms with Gasteiger partial charge in [0.15, 0.2) is 0 Å². The quantitative estimate of drug-likeness (QED) is 0.878. The van der Waals surface area contributed by atoms with E-state index < -0.39 is 0 Å². The van der Waals surface area contributed by atoms with E-state index in [2.05, 4.69) is 18.9 Å². The predicted molar refractivity (Wildman–Crippen MR) is 81.7 cm³/mol. The number of aromatic nitrogens is 2.